The van der Waals surface area contributed by atoms with Crippen LogP contribution in [0.3, 0.4) is 0 Å². The van der Waals surface area contributed by atoms with Gasteiger partial charge in [0, 0.05) is 25.2 Å². The van der Waals surface area contributed by atoms with E-state index in [-0.39, 0.29) is 16.9 Å². The molecule has 0 atom stereocenters. The zero-order chi connectivity index (χ0) is 20.9. The predicted molar refractivity (Wildman–Crippen MR) is 112 cm³/mol. The minimum absolute atomic E-state index is 0.0735. The molecule has 3 rings (SSSR count). The van der Waals surface area contributed by atoms with Crippen molar-refractivity contribution in [3.8, 4) is 5.75 Å². The number of piperidine rings is 1. The third-order valence-electron chi connectivity index (χ3n) is 4.77. The summed E-state index contributed by atoms with van der Waals surface area (Å²) in [6, 6.07) is 13.8. The highest BCUT2D eigenvalue weighted by Crippen LogP contribution is 2.21. The zero-order valence-electron chi connectivity index (χ0n) is 16.9. The van der Waals surface area contributed by atoms with Gasteiger partial charge >= 0.3 is 0 Å². The van der Waals surface area contributed by atoms with Crippen LogP contribution in [0.2, 0.25) is 0 Å². The topological polar surface area (TPSA) is 75.7 Å². The fraction of sp³-hybridized carbons (Fsp3) is 0.409. The monoisotopic (exact) mass is 416 g/mol. The molecule has 2 aromatic rings. The van der Waals surface area contributed by atoms with Crippen LogP contribution < -0.4 is 10.1 Å². The van der Waals surface area contributed by atoms with Crippen molar-refractivity contribution in [1.29, 1.82) is 0 Å². The van der Waals surface area contributed by atoms with Gasteiger partial charge in [-0.2, -0.15) is 4.31 Å². The van der Waals surface area contributed by atoms with Crippen LogP contribution in [0.1, 0.15) is 49.0 Å². The van der Waals surface area contributed by atoms with Gasteiger partial charge in [0.1, 0.15) is 5.75 Å². The summed E-state index contributed by atoms with van der Waals surface area (Å²) >= 11 is 0. The normalized spacial score (nSPS) is 15.3. The van der Waals surface area contributed by atoms with Gasteiger partial charge in [-0.1, -0.05) is 24.6 Å². The van der Waals surface area contributed by atoms with Crippen LogP contribution in [0.5, 0.6) is 5.75 Å². The molecule has 1 heterocycles. The summed E-state index contributed by atoms with van der Waals surface area (Å²) in [7, 11) is -3.57. The summed E-state index contributed by atoms with van der Waals surface area (Å²) in [5, 5.41) is 2.85. The molecule has 1 aliphatic heterocycles. The first-order valence-corrected chi connectivity index (χ1v) is 11.4. The third-order valence-corrected chi connectivity index (χ3v) is 6.67. The van der Waals surface area contributed by atoms with Crippen molar-refractivity contribution in [3.63, 3.8) is 0 Å². The van der Waals surface area contributed by atoms with Crippen LogP contribution in [0, 0.1) is 0 Å². The highest BCUT2D eigenvalue weighted by molar-refractivity contribution is 7.89. The molecule has 0 radical (unpaired) electrons. The van der Waals surface area contributed by atoms with Gasteiger partial charge < -0.3 is 10.1 Å². The largest absolute Gasteiger partial charge is 0.491 e. The summed E-state index contributed by atoms with van der Waals surface area (Å²) in [5.41, 5.74) is 1.24. The van der Waals surface area contributed by atoms with Gasteiger partial charge in [-0.25, -0.2) is 8.42 Å². The molecule has 1 N–H and O–H groups in total. The molecule has 1 amide bonds. The molecule has 6 nitrogen and oxygen atoms in total. The minimum Gasteiger partial charge on any atom is -0.491 e. The van der Waals surface area contributed by atoms with Crippen LogP contribution in [0.4, 0.5) is 0 Å². The molecular formula is C22H28N2O4S. The van der Waals surface area contributed by atoms with E-state index in [9.17, 15) is 13.2 Å². The Bertz CT molecular complexity index is 951. The highest BCUT2D eigenvalue weighted by atomic mass is 32.2. The molecule has 0 bridgehead atoms. The molecular weight excluding hydrogens is 388 g/mol. The number of carbonyl (C=O) groups excluding carboxylic acids is 1. The predicted octanol–water partition coefficient (Wildman–Crippen LogP) is 3.58. The average molecular weight is 417 g/mol. The molecule has 0 saturated carbocycles. The van der Waals surface area contributed by atoms with Crippen LogP contribution in [-0.4, -0.2) is 37.8 Å². The number of hydrogen-bond donors (Lipinski definition) is 1. The van der Waals surface area contributed by atoms with E-state index in [0.717, 1.165) is 30.6 Å². The quantitative estimate of drug-likeness (QED) is 0.749. The second-order valence-corrected chi connectivity index (χ2v) is 9.43. The van der Waals surface area contributed by atoms with E-state index in [1.165, 1.54) is 10.4 Å². The van der Waals surface area contributed by atoms with Gasteiger partial charge in [0.15, 0.2) is 0 Å². The fourth-order valence-corrected chi connectivity index (χ4v) is 4.90. The second-order valence-electron chi connectivity index (χ2n) is 7.49. The van der Waals surface area contributed by atoms with Crippen LogP contribution in [0.15, 0.2) is 53.4 Å². The van der Waals surface area contributed by atoms with Gasteiger partial charge in [0.05, 0.1) is 11.0 Å². The molecule has 0 spiro atoms. The van der Waals surface area contributed by atoms with E-state index in [0.29, 0.717) is 25.2 Å². The highest BCUT2D eigenvalue weighted by Gasteiger charge is 2.26. The second kappa shape index (κ2) is 9.41. The Morgan fingerprint density at radius 2 is 1.79 bits per heavy atom. The fourth-order valence-electron chi connectivity index (χ4n) is 3.34. The van der Waals surface area contributed by atoms with Gasteiger partial charge in [-0.05, 0) is 62.6 Å². The first kappa shape index (κ1) is 21.3. The Hall–Kier alpha value is -2.38. The number of rotatable bonds is 7. The van der Waals surface area contributed by atoms with Crippen molar-refractivity contribution in [3.05, 3.63) is 59.7 Å². The minimum atomic E-state index is -3.57. The average Bonchev–Trinajstić information content (AvgIpc) is 2.72. The summed E-state index contributed by atoms with van der Waals surface area (Å²) < 4.78 is 32.9. The summed E-state index contributed by atoms with van der Waals surface area (Å²) in [5.74, 6) is 0.442. The van der Waals surface area contributed by atoms with Gasteiger partial charge in [0.25, 0.3) is 5.91 Å². The molecule has 0 unspecified atom stereocenters. The lowest BCUT2D eigenvalue weighted by Crippen LogP contribution is -2.35. The SMILES string of the molecule is CC(C)Oc1cccc(CNC(=O)c2cccc(S(=O)(=O)N3CCCCC3)c2)c1. The first-order valence-electron chi connectivity index (χ1n) is 10.0. The van der Waals surface area contributed by atoms with E-state index in [1.807, 2.05) is 38.1 Å². The molecule has 2 aromatic carbocycles. The molecule has 0 aromatic heterocycles. The Labute approximate surface area is 172 Å². The zero-order valence-corrected chi connectivity index (χ0v) is 17.7. The number of amides is 1. The van der Waals surface area contributed by atoms with E-state index in [1.54, 1.807) is 18.2 Å². The van der Waals surface area contributed by atoms with E-state index >= 15 is 0 Å². The summed E-state index contributed by atoms with van der Waals surface area (Å²) in [6.45, 7) is 5.32. The maximum Gasteiger partial charge on any atom is 0.251 e. The third kappa shape index (κ3) is 5.58. The van der Waals surface area contributed by atoms with Crippen molar-refractivity contribution in [2.24, 2.45) is 0 Å². The van der Waals surface area contributed by atoms with E-state index < -0.39 is 10.0 Å². The summed E-state index contributed by atoms with van der Waals surface area (Å²) in [4.78, 5) is 12.8. The number of hydrogen-bond acceptors (Lipinski definition) is 4. The van der Waals surface area contributed by atoms with Crippen LogP contribution in [-0.2, 0) is 16.6 Å². The number of nitrogens with one attached hydrogen (secondary N) is 1. The molecule has 7 heteroatoms. The van der Waals surface area contributed by atoms with Crippen LogP contribution in [0.25, 0.3) is 0 Å². The Balaban J connectivity index is 1.68. The maximum atomic E-state index is 12.8. The molecule has 156 valence electrons. The lowest BCUT2D eigenvalue weighted by Gasteiger charge is -2.26. The molecule has 1 saturated heterocycles. The first-order chi connectivity index (χ1) is 13.9. The summed E-state index contributed by atoms with van der Waals surface area (Å²) in [6.07, 6.45) is 2.88. The van der Waals surface area contributed by atoms with Crippen LogP contribution >= 0.6 is 0 Å². The van der Waals surface area contributed by atoms with Gasteiger partial charge in [-0.15, -0.1) is 0 Å². The van der Waals surface area contributed by atoms with Crippen molar-refractivity contribution in [1.82, 2.24) is 9.62 Å². The maximum absolute atomic E-state index is 12.8. The lowest BCUT2D eigenvalue weighted by atomic mass is 10.2. The number of benzene rings is 2. The van der Waals surface area contributed by atoms with Gasteiger partial charge in [0.2, 0.25) is 10.0 Å². The molecule has 1 fully saturated rings. The number of ether oxygens (including phenoxy) is 1. The Morgan fingerprint density at radius 1 is 1.07 bits per heavy atom. The van der Waals surface area contributed by atoms with Crippen molar-refractivity contribution >= 4 is 15.9 Å². The Morgan fingerprint density at radius 3 is 2.52 bits per heavy atom. The molecule has 0 aliphatic carbocycles. The lowest BCUT2D eigenvalue weighted by molar-refractivity contribution is 0.0950. The smallest absolute Gasteiger partial charge is 0.251 e. The van der Waals surface area contributed by atoms with Crippen molar-refractivity contribution in [2.45, 2.75) is 50.7 Å². The standard InChI is InChI=1S/C22H28N2O4S/c1-17(2)28-20-10-6-8-18(14-20)16-23-22(25)19-9-7-11-21(15-19)29(26,27)24-12-4-3-5-13-24/h6-11,14-15,17H,3-5,12-13,16H2,1-2H3,(H,23,25). The number of carbonyl (C=O) groups is 1. The Kier molecular flexibility index (Phi) is 6.92. The van der Waals surface area contributed by atoms with Gasteiger partial charge in [-0.3, -0.25) is 4.79 Å². The van der Waals surface area contributed by atoms with Crippen molar-refractivity contribution in [2.75, 3.05) is 13.1 Å². The van der Waals surface area contributed by atoms with E-state index in [4.69, 9.17) is 4.74 Å². The number of nitrogens with zero attached hydrogens (tertiary/aromatic N) is 1. The molecule has 29 heavy (non-hydrogen) atoms. The van der Waals surface area contributed by atoms with Crippen molar-refractivity contribution < 1.29 is 17.9 Å². The molecule has 1 aliphatic rings. The number of sulfonamides is 1. The van der Waals surface area contributed by atoms with E-state index in [2.05, 4.69) is 5.32 Å².